The van der Waals surface area contributed by atoms with Crippen LogP contribution < -0.4 is 9.94 Å². The standard InChI is InChI=1S/C18H17N3O5S3/c1-26-16(22)10-21-14-7-6-13(29(19,24)25)9-15(14)28-18(21)20-17(23)11-4-3-5-12(8-11)27-2/h3-9H,10H2,1-2H3,(H2,19,24,25). The van der Waals surface area contributed by atoms with Gasteiger partial charge in [0, 0.05) is 10.5 Å². The molecule has 0 aliphatic rings. The van der Waals surface area contributed by atoms with Crippen LogP contribution in [-0.4, -0.2) is 38.2 Å². The van der Waals surface area contributed by atoms with Gasteiger partial charge >= 0.3 is 5.97 Å². The van der Waals surface area contributed by atoms with Gasteiger partial charge in [-0.2, -0.15) is 4.99 Å². The number of methoxy groups -OCH3 is 1. The summed E-state index contributed by atoms with van der Waals surface area (Å²) in [6.07, 6.45) is 1.90. The Balaban J connectivity index is 2.18. The Labute approximate surface area is 175 Å². The van der Waals surface area contributed by atoms with Gasteiger partial charge in [-0.1, -0.05) is 17.4 Å². The van der Waals surface area contributed by atoms with E-state index in [1.165, 1.54) is 41.6 Å². The van der Waals surface area contributed by atoms with E-state index in [0.717, 1.165) is 16.2 Å². The fourth-order valence-corrected chi connectivity index (χ4v) is 4.71. The second kappa shape index (κ2) is 8.49. The minimum Gasteiger partial charge on any atom is -0.468 e. The maximum atomic E-state index is 12.7. The zero-order valence-electron chi connectivity index (χ0n) is 15.5. The predicted molar refractivity (Wildman–Crippen MR) is 111 cm³/mol. The molecule has 0 bridgehead atoms. The molecule has 0 saturated heterocycles. The van der Waals surface area contributed by atoms with Crippen molar-refractivity contribution in [3.8, 4) is 0 Å². The summed E-state index contributed by atoms with van der Waals surface area (Å²) in [6, 6.07) is 11.3. The monoisotopic (exact) mass is 451 g/mol. The van der Waals surface area contributed by atoms with Crippen molar-refractivity contribution in [2.24, 2.45) is 10.1 Å². The van der Waals surface area contributed by atoms with Gasteiger partial charge in [0.2, 0.25) is 10.0 Å². The number of thioether (sulfide) groups is 1. The van der Waals surface area contributed by atoms with Gasteiger partial charge in [-0.05, 0) is 42.7 Å². The molecule has 0 fully saturated rings. The maximum Gasteiger partial charge on any atom is 0.325 e. The molecule has 0 atom stereocenters. The first-order valence-corrected chi connectivity index (χ1v) is 11.8. The van der Waals surface area contributed by atoms with E-state index < -0.39 is 21.9 Å². The summed E-state index contributed by atoms with van der Waals surface area (Å²) in [6.45, 7) is -0.178. The number of hydrogen-bond donors (Lipinski definition) is 1. The number of esters is 1. The van der Waals surface area contributed by atoms with E-state index in [2.05, 4.69) is 4.99 Å². The van der Waals surface area contributed by atoms with Gasteiger partial charge in [0.05, 0.1) is 22.2 Å². The third-order valence-electron chi connectivity index (χ3n) is 4.01. The molecule has 152 valence electrons. The number of nitrogens with zero attached hydrogens (tertiary/aromatic N) is 2. The van der Waals surface area contributed by atoms with E-state index in [0.29, 0.717) is 15.8 Å². The zero-order chi connectivity index (χ0) is 21.2. The largest absolute Gasteiger partial charge is 0.468 e. The molecule has 0 spiro atoms. The molecule has 3 rings (SSSR count). The number of thiazole rings is 1. The van der Waals surface area contributed by atoms with Gasteiger partial charge in [-0.15, -0.1) is 11.8 Å². The molecule has 2 aromatic carbocycles. The molecule has 0 saturated carbocycles. The highest BCUT2D eigenvalue weighted by atomic mass is 32.2. The molecule has 8 nitrogen and oxygen atoms in total. The molecule has 11 heteroatoms. The van der Waals surface area contributed by atoms with Gasteiger partial charge in [0.15, 0.2) is 4.80 Å². The van der Waals surface area contributed by atoms with Crippen LogP contribution in [0.1, 0.15) is 10.4 Å². The van der Waals surface area contributed by atoms with Gasteiger partial charge < -0.3 is 9.30 Å². The average Bonchev–Trinajstić information content (AvgIpc) is 3.03. The number of sulfonamides is 1. The molecular weight excluding hydrogens is 434 g/mol. The van der Waals surface area contributed by atoms with Crippen molar-refractivity contribution in [1.82, 2.24) is 4.57 Å². The molecule has 0 unspecified atom stereocenters. The summed E-state index contributed by atoms with van der Waals surface area (Å²) in [5, 5.41) is 5.20. The van der Waals surface area contributed by atoms with E-state index in [-0.39, 0.29) is 16.2 Å². The first kappa shape index (κ1) is 21.2. The SMILES string of the molecule is COC(=O)Cn1c(=NC(=O)c2cccc(SC)c2)sc2cc(S(N)(=O)=O)ccc21. The first-order valence-electron chi connectivity index (χ1n) is 8.19. The van der Waals surface area contributed by atoms with Crippen molar-refractivity contribution in [1.29, 1.82) is 0 Å². The number of carbonyl (C=O) groups is 2. The molecule has 2 N–H and O–H groups in total. The topological polar surface area (TPSA) is 121 Å². The third kappa shape index (κ3) is 4.75. The van der Waals surface area contributed by atoms with E-state index in [1.807, 2.05) is 12.3 Å². The molecule has 0 aliphatic heterocycles. The number of primary sulfonamides is 1. The number of nitrogens with two attached hydrogens (primary N) is 1. The lowest BCUT2D eigenvalue weighted by Crippen LogP contribution is -2.22. The molecular formula is C18H17N3O5S3. The maximum absolute atomic E-state index is 12.7. The van der Waals surface area contributed by atoms with E-state index >= 15 is 0 Å². The number of rotatable bonds is 5. The summed E-state index contributed by atoms with van der Waals surface area (Å²) >= 11 is 2.58. The van der Waals surface area contributed by atoms with Crippen molar-refractivity contribution in [2.75, 3.05) is 13.4 Å². The number of ether oxygens (including phenoxy) is 1. The van der Waals surface area contributed by atoms with Crippen molar-refractivity contribution in [3.05, 3.63) is 52.8 Å². The second-order valence-corrected chi connectivity index (χ2v) is 9.32. The summed E-state index contributed by atoms with van der Waals surface area (Å²) < 4.78 is 30.0. The molecule has 0 aliphatic carbocycles. The molecule has 1 aromatic heterocycles. The van der Waals surface area contributed by atoms with E-state index in [1.54, 1.807) is 18.2 Å². The zero-order valence-corrected chi connectivity index (χ0v) is 17.9. The normalized spacial score (nSPS) is 12.3. The van der Waals surface area contributed by atoms with E-state index in [4.69, 9.17) is 9.88 Å². The Morgan fingerprint density at radius 3 is 2.66 bits per heavy atom. The van der Waals surface area contributed by atoms with Crippen LogP contribution in [0, 0.1) is 0 Å². The fraction of sp³-hybridized carbons (Fsp3) is 0.167. The van der Waals surface area contributed by atoms with Crippen LogP contribution in [-0.2, 0) is 26.1 Å². The van der Waals surface area contributed by atoms with Crippen molar-refractivity contribution in [3.63, 3.8) is 0 Å². The minimum atomic E-state index is -3.89. The number of carbonyl (C=O) groups excluding carboxylic acids is 2. The molecule has 3 aromatic rings. The Hall–Kier alpha value is -2.47. The fourth-order valence-electron chi connectivity index (χ4n) is 2.57. The van der Waals surface area contributed by atoms with E-state index in [9.17, 15) is 18.0 Å². The molecule has 1 amide bonds. The van der Waals surface area contributed by atoms with Crippen LogP contribution in [0.3, 0.4) is 0 Å². The quantitative estimate of drug-likeness (QED) is 0.468. The Bertz CT molecular complexity index is 1280. The lowest BCUT2D eigenvalue weighted by molar-refractivity contribution is -0.141. The Morgan fingerprint density at radius 1 is 1.24 bits per heavy atom. The van der Waals surface area contributed by atoms with Gasteiger partial charge in [0.1, 0.15) is 6.54 Å². The Morgan fingerprint density at radius 2 is 2.00 bits per heavy atom. The highest BCUT2D eigenvalue weighted by Crippen LogP contribution is 2.22. The lowest BCUT2D eigenvalue weighted by atomic mass is 10.2. The molecule has 29 heavy (non-hydrogen) atoms. The Kier molecular flexibility index (Phi) is 6.22. The van der Waals surface area contributed by atoms with Crippen molar-refractivity contribution in [2.45, 2.75) is 16.3 Å². The minimum absolute atomic E-state index is 0.0676. The summed E-state index contributed by atoms with van der Waals surface area (Å²) in [7, 11) is -2.64. The van der Waals surface area contributed by atoms with Gasteiger partial charge in [-0.3, -0.25) is 9.59 Å². The summed E-state index contributed by atoms with van der Waals surface area (Å²) in [5.74, 6) is -1.00. The van der Waals surface area contributed by atoms with Crippen LogP contribution in [0.5, 0.6) is 0 Å². The average molecular weight is 452 g/mol. The molecule has 0 radical (unpaired) electrons. The first-order chi connectivity index (χ1) is 13.7. The number of fused-ring (bicyclic) bond motifs is 1. The predicted octanol–water partition coefficient (Wildman–Crippen LogP) is 1.99. The van der Waals surface area contributed by atoms with Crippen LogP contribution in [0.25, 0.3) is 10.2 Å². The number of hydrogen-bond acceptors (Lipinski definition) is 7. The van der Waals surface area contributed by atoms with Crippen LogP contribution in [0.15, 0.2) is 57.2 Å². The summed E-state index contributed by atoms with van der Waals surface area (Å²) in [5.41, 5.74) is 0.946. The summed E-state index contributed by atoms with van der Waals surface area (Å²) in [4.78, 5) is 29.8. The van der Waals surface area contributed by atoms with Crippen LogP contribution >= 0.6 is 23.1 Å². The molecule has 1 heterocycles. The highest BCUT2D eigenvalue weighted by Gasteiger charge is 2.15. The highest BCUT2D eigenvalue weighted by molar-refractivity contribution is 7.98. The third-order valence-corrected chi connectivity index (χ3v) is 6.69. The number of aromatic nitrogens is 1. The lowest BCUT2D eigenvalue weighted by Gasteiger charge is -2.04. The number of amides is 1. The smallest absolute Gasteiger partial charge is 0.325 e. The van der Waals surface area contributed by atoms with Gasteiger partial charge in [0.25, 0.3) is 5.91 Å². The van der Waals surface area contributed by atoms with Crippen LogP contribution in [0.4, 0.5) is 0 Å². The number of benzene rings is 2. The van der Waals surface area contributed by atoms with Crippen molar-refractivity contribution < 1.29 is 22.7 Å². The van der Waals surface area contributed by atoms with Gasteiger partial charge in [-0.25, -0.2) is 13.6 Å². The van der Waals surface area contributed by atoms with Crippen molar-refractivity contribution >= 4 is 55.2 Å². The van der Waals surface area contributed by atoms with Crippen LogP contribution in [0.2, 0.25) is 0 Å². The second-order valence-electron chi connectivity index (χ2n) is 5.87.